The molecule has 5 nitrogen and oxygen atoms in total. The van der Waals surface area contributed by atoms with Gasteiger partial charge in [0.15, 0.2) is 0 Å². The van der Waals surface area contributed by atoms with Crippen LogP contribution in [0.5, 0.6) is 0 Å². The molecule has 1 rings (SSSR count). The molecular weight excluding hydrogens is 336 g/mol. The van der Waals surface area contributed by atoms with Gasteiger partial charge in [0.05, 0.1) is 9.95 Å². The Balaban J connectivity index is 3.03. The van der Waals surface area contributed by atoms with Gasteiger partial charge in [-0.1, -0.05) is 40.5 Å². The number of rotatable bonds is 5. The van der Waals surface area contributed by atoms with Crippen molar-refractivity contribution >= 4 is 39.1 Å². The van der Waals surface area contributed by atoms with Crippen molar-refractivity contribution in [3.8, 4) is 0 Å². The number of nitro benzene ring substituents is 1. The number of nitrogens with zero attached hydrogens (tertiary/aromatic N) is 1. The minimum Gasteiger partial charge on any atom is -0.349 e. The number of nitro groups is 1. The Morgan fingerprint density at radius 2 is 2.16 bits per heavy atom. The van der Waals surface area contributed by atoms with Crippen molar-refractivity contribution in [3.63, 3.8) is 0 Å². The quantitative estimate of drug-likeness (QED) is 0.503. The Morgan fingerprint density at radius 3 is 2.68 bits per heavy atom. The minimum atomic E-state index is -0.612. The summed E-state index contributed by atoms with van der Waals surface area (Å²) < 4.78 is 0. The highest BCUT2D eigenvalue weighted by atomic mass is 79.9. The van der Waals surface area contributed by atoms with E-state index in [1.807, 2.05) is 13.8 Å². The average Bonchev–Trinajstić information content (AvgIpc) is 2.36. The molecule has 0 saturated carbocycles. The Hall–Kier alpha value is -1.14. The zero-order chi connectivity index (χ0) is 14.6. The lowest BCUT2D eigenvalue weighted by molar-refractivity contribution is -0.385. The van der Waals surface area contributed by atoms with Crippen molar-refractivity contribution in [1.29, 1.82) is 0 Å². The molecule has 1 amide bonds. The summed E-state index contributed by atoms with van der Waals surface area (Å²) in [6, 6.07) is 4.05. The largest absolute Gasteiger partial charge is 0.349 e. The van der Waals surface area contributed by atoms with Gasteiger partial charge in [-0.15, -0.1) is 0 Å². The third-order valence-corrected chi connectivity index (χ3v) is 4.21. The summed E-state index contributed by atoms with van der Waals surface area (Å²) >= 11 is 9.22. The van der Waals surface area contributed by atoms with Crippen molar-refractivity contribution in [2.75, 3.05) is 5.33 Å². The molecule has 0 fully saturated rings. The van der Waals surface area contributed by atoms with E-state index in [0.29, 0.717) is 0 Å². The van der Waals surface area contributed by atoms with E-state index in [4.69, 9.17) is 11.6 Å². The van der Waals surface area contributed by atoms with Crippen molar-refractivity contribution in [1.82, 2.24) is 5.32 Å². The van der Waals surface area contributed by atoms with Crippen molar-refractivity contribution < 1.29 is 9.72 Å². The van der Waals surface area contributed by atoms with Gasteiger partial charge in [0.1, 0.15) is 5.56 Å². The summed E-state index contributed by atoms with van der Waals surface area (Å²) in [6.45, 7) is 3.80. The van der Waals surface area contributed by atoms with Gasteiger partial charge in [-0.3, -0.25) is 14.9 Å². The molecule has 1 N–H and O–H groups in total. The van der Waals surface area contributed by atoms with Crippen LogP contribution in [0.4, 0.5) is 5.69 Å². The van der Waals surface area contributed by atoms with Crippen LogP contribution >= 0.6 is 27.5 Å². The maximum atomic E-state index is 12.1. The van der Waals surface area contributed by atoms with E-state index in [9.17, 15) is 14.9 Å². The minimum absolute atomic E-state index is 0.0744. The molecule has 1 aromatic carbocycles. The molecule has 0 aliphatic rings. The van der Waals surface area contributed by atoms with E-state index in [-0.39, 0.29) is 28.2 Å². The second-order valence-electron chi connectivity index (χ2n) is 4.28. The molecule has 1 aromatic rings. The number of amides is 1. The first kappa shape index (κ1) is 15.9. The van der Waals surface area contributed by atoms with Crippen LogP contribution in [0.25, 0.3) is 0 Å². The van der Waals surface area contributed by atoms with E-state index in [1.54, 1.807) is 0 Å². The van der Waals surface area contributed by atoms with Gasteiger partial charge in [0.2, 0.25) is 0 Å². The Morgan fingerprint density at radius 1 is 1.53 bits per heavy atom. The molecule has 19 heavy (non-hydrogen) atoms. The van der Waals surface area contributed by atoms with Crippen LogP contribution in [0.3, 0.4) is 0 Å². The summed E-state index contributed by atoms with van der Waals surface area (Å²) in [5, 5.41) is 14.4. The summed E-state index contributed by atoms with van der Waals surface area (Å²) in [6.07, 6.45) is 0. The van der Waals surface area contributed by atoms with Crippen LogP contribution in [0.1, 0.15) is 24.2 Å². The normalized spacial score (nSPS) is 13.7. The van der Waals surface area contributed by atoms with Gasteiger partial charge in [-0.2, -0.15) is 0 Å². The summed E-state index contributed by atoms with van der Waals surface area (Å²) in [7, 11) is 0. The van der Waals surface area contributed by atoms with E-state index in [1.165, 1.54) is 18.2 Å². The number of benzene rings is 1. The van der Waals surface area contributed by atoms with Crippen LogP contribution in [-0.4, -0.2) is 22.2 Å². The predicted octanol–water partition coefficient (Wildman–Crippen LogP) is 3.40. The first-order valence-corrected chi connectivity index (χ1v) is 7.18. The highest BCUT2D eigenvalue weighted by molar-refractivity contribution is 9.09. The third-order valence-electron chi connectivity index (χ3n) is 2.87. The van der Waals surface area contributed by atoms with E-state index in [2.05, 4.69) is 21.2 Å². The molecule has 7 heteroatoms. The summed E-state index contributed by atoms with van der Waals surface area (Å²) in [4.78, 5) is 22.4. The van der Waals surface area contributed by atoms with Gasteiger partial charge >= 0.3 is 0 Å². The molecule has 0 radical (unpaired) electrons. The maximum absolute atomic E-state index is 12.1. The first-order valence-electron chi connectivity index (χ1n) is 5.68. The molecule has 0 aliphatic heterocycles. The molecule has 0 heterocycles. The maximum Gasteiger partial charge on any atom is 0.283 e. The fraction of sp³-hybridized carbons (Fsp3) is 0.417. The lowest BCUT2D eigenvalue weighted by Gasteiger charge is -2.19. The molecule has 0 spiro atoms. The molecular formula is C12H14BrClN2O3. The van der Waals surface area contributed by atoms with E-state index < -0.39 is 10.8 Å². The van der Waals surface area contributed by atoms with Crippen LogP contribution in [0.2, 0.25) is 5.02 Å². The van der Waals surface area contributed by atoms with Crippen molar-refractivity contribution in [2.24, 2.45) is 5.92 Å². The smallest absolute Gasteiger partial charge is 0.283 e. The number of halogens is 2. The zero-order valence-electron chi connectivity index (χ0n) is 10.5. The second-order valence-corrected chi connectivity index (χ2v) is 5.34. The lowest BCUT2D eigenvalue weighted by Crippen LogP contribution is -2.38. The van der Waals surface area contributed by atoms with Gasteiger partial charge in [0.25, 0.3) is 11.6 Å². The number of carbonyl (C=O) groups excluding carboxylic acids is 1. The average molecular weight is 350 g/mol. The molecule has 104 valence electrons. The number of carbonyl (C=O) groups is 1. The Bertz CT molecular complexity index is 496. The molecule has 0 aliphatic carbocycles. The molecule has 2 atom stereocenters. The number of hydrogen-bond donors (Lipinski definition) is 1. The van der Waals surface area contributed by atoms with E-state index in [0.717, 1.165) is 5.33 Å². The lowest BCUT2D eigenvalue weighted by atomic mass is 10.1. The second kappa shape index (κ2) is 6.86. The monoisotopic (exact) mass is 348 g/mol. The summed E-state index contributed by atoms with van der Waals surface area (Å²) in [5.74, 6) is -0.330. The fourth-order valence-corrected chi connectivity index (χ4v) is 2.26. The highest BCUT2D eigenvalue weighted by Crippen LogP contribution is 2.26. The Labute approximate surface area is 124 Å². The van der Waals surface area contributed by atoms with Gasteiger partial charge in [0, 0.05) is 17.4 Å². The van der Waals surface area contributed by atoms with Crippen molar-refractivity contribution in [3.05, 3.63) is 38.9 Å². The van der Waals surface area contributed by atoms with Gasteiger partial charge in [-0.25, -0.2) is 0 Å². The highest BCUT2D eigenvalue weighted by Gasteiger charge is 2.25. The standard InChI is InChI=1S/C12H14BrClN2O3/c1-7(6-13)8(2)15-12(17)11-9(14)4-3-5-10(11)16(18)19/h3-5,7-8H,6H2,1-2H3,(H,15,17). The van der Waals surface area contributed by atoms with Crippen LogP contribution in [0.15, 0.2) is 18.2 Å². The topological polar surface area (TPSA) is 72.2 Å². The molecule has 2 unspecified atom stereocenters. The van der Waals surface area contributed by atoms with Gasteiger partial charge in [-0.05, 0) is 18.9 Å². The number of hydrogen-bond acceptors (Lipinski definition) is 3. The molecule has 0 aromatic heterocycles. The van der Waals surface area contributed by atoms with Crippen LogP contribution < -0.4 is 5.32 Å². The Kier molecular flexibility index (Phi) is 5.75. The predicted molar refractivity (Wildman–Crippen MR) is 78.0 cm³/mol. The fourth-order valence-electron chi connectivity index (χ4n) is 1.44. The zero-order valence-corrected chi connectivity index (χ0v) is 12.9. The molecule has 0 saturated heterocycles. The number of alkyl halides is 1. The van der Waals surface area contributed by atoms with Crippen LogP contribution in [0, 0.1) is 16.0 Å². The molecule has 0 bridgehead atoms. The first-order chi connectivity index (χ1) is 8.88. The third kappa shape index (κ3) is 3.91. The van der Waals surface area contributed by atoms with Crippen LogP contribution in [-0.2, 0) is 0 Å². The van der Waals surface area contributed by atoms with Gasteiger partial charge < -0.3 is 5.32 Å². The number of nitrogens with one attached hydrogen (secondary N) is 1. The summed E-state index contributed by atoms with van der Waals surface area (Å²) in [5.41, 5.74) is -0.383. The SMILES string of the molecule is CC(CBr)C(C)NC(=O)c1c(Cl)cccc1[N+](=O)[O-]. The van der Waals surface area contributed by atoms with E-state index >= 15 is 0 Å². The van der Waals surface area contributed by atoms with Crippen molar-refractivity contribution in [2.45, 2.75) is 19.9 Å².